The first-order chi connectivity index (χ1) is 7.79. The predicted molar refractivity (Wildman–Crippen MR) is 63.5 cm³/mol. The molecule has 2 rings (SSSR count). The largest absolute Gasteiger partial charge is 0.508 e. The zero-order chi connectivity index (χ0) is 11.4. The quantitative estimate of drug-likeness (QED) is 0.823. The Morgan fingerprint density at radius 3 is 2.81 bits per heavy atom. The molecule has 16 heavy (non-hydrogen) atoms. The summed E-state index contributed by atoms with van der Waals surface area (Å²) < 4.78 is 5.36. The van der Waals surface area contributed by atoms with E-state index in [1.165, 1.54) is 0 Å². The molecule has 84 valence electrons. The molecule has 2 N–H and O–H groups in total. The van der Waals surface area contributed by atoms with Gasteiger partial charge in [-0.2, -0.15) is 0 Å². The lowest BCUT2D eigenvalue weighted by molar-refractivity contribution is 0.470. The molecule has 1 aromatic heterocycles. The summed E-state index contributed by atoms with van der Waals surface area (Å²) in [5.74, 6) is 1.17. The first kappa shape index (κ1) is 10.6. The number of anilines is 1. The van der Waals surface area contributed by atoms with E-state index in [1.807, 2.05) is 24.3 Å². The number of hydrogen-bond donors (Lipinski definition) is 2. The Morgan fingerprint density at radius 1 is 1.31 bits per heavy atom. The van der Waals surface area contributed by atoms with E-state index < -0.39 is 0 Å². The summed E-state index contributed by atoms with van der Waals surface area (Å²) in [6.07, 6.45) is 2.59. The van der Waals surface area contributed by atoms with Crippen LogP contribution in [0.4, 0.5) is 5.69 Å². The van der Waals surface area contributed by atoms with Gasteiger partial charge in [0, 0.05) is 11.8 Å². The van der Waals surface area contributed by atoms with Gasteiger partial charge in [0.05, 0.1) is 12.3 Å². The zero-order valence-corrected chi connectivity index (χ0v) is 9.18. The van der Waals surface area contributed by atoms with E-state index in [-0.39, 0.29) is 11.8 Å². The van der Waals surface area contributed by atoms with Gasteiger partial charge in [0.2, 0.25) is 0 Å². The Labute approximate surface area is 94.7 Å². The molecule has 0 saturated heterocycles. The third-order valence-corrected chi connectivity index (χ3v) is 2.48. The Kier molecular flexibility index (Phi) is 3.15. The molecule has 0 radical (unpaired) electrons. The monoisotopic (exact) mass is 217 g/mol. The number of nitrogens with one attached hydrogen (secondary N) is 1. The number of furan rings is 1. The third-order valence-electron chi connectivity index (χ3n) is 2.48. The highest BCUT2D eigenvalue weighted by Crippen LogP contribution is 2.24. The average molecular weight is 217 g/mol. The summed E-state index contributed by atoms with van der Waals surface area (Å²) in [6.45, 7) is 2.09. The fourth-order valence-electron chi connectivity index (χ4n) is 1.66. The van der Waals surface area contributed by atoms with Crippen molar-refractivity contribution in [1.82, 2.24) is 0 Å². The SMILES string of the molecule is CCC(Nc1cccc(O)c1)c1ccco1. The first-order valence-electron chi connectivity index (χ1n) is 5.38. The van der Waals surface area contributed by atoms with Gasteiger partial charge in [-0.1, -0.05) is 13.0 Å². The fraction of sp³-hybridized carbons (Fsp3) is 0.231. The summed E-state index contributed by atoms with van der Waals surface area (Å²) >= 11 is 0. The number of hydrogen-bond acceptors (Lipinski definition) is 3. The Bertz CT molecular complexity index is 437. The summed E-state index contributed by atoms with van der Waals surface area (Å²) in [6, 6.07) is 11.0. The van der Waals surface area contributed by atoms with Gasteiger partial charge in [-0.25, -0.2) is 0 Å². The predicted octanol–water partition coefficient (Wildman–Crippen LogP) is 3.55. The molecule has 0 fully saturated rings. The maximum absolute atomic E-state index is 9.37. The molecule has 1 unspecified atom stereocenters. The molecule has 1 heterocycles. The van der Waals surface area contributed by atoms with Gasteiger partial charge in [0.15, 0.2) is 0 Å². The molecule has 0 amide bonds. The lowest BCUT2D eigenvalue weighted by Crippen LogP contribution is -2.08. The summed E-state index contributed by atoms with van der Waals surface area (Å²) in [5, 5.41) is 12.7. The minimum Gasteiger partial charge on any atom is -0.508 e. The van der Waals surface area contributed by atoms with E-state index in [2.05, 4.69) is 12.2 Å². The minimum absolute atomic E-state index is 0.136. The van der Waals surface area contributed by atoms with Crippen LogP contribution in [0.1, 0.15) is 25.1 Å². The topological polar surface area (TPSA) is 45.4 Å². The minimum atomic E-state index is 0.136. The lowest BCUT2D eigenvalue weighted by atomic mass is 10.1. The van der Waals surface area contributed by atoms with E-state index in [1.54, 1.807) is 18.4 Å². The average Bonchev–Trinajstić information content (AvgIpc) is 2.79. The van der Waals surface area contributed by atoms with Crippen molar-refractivity contribution in [2.75, 3.05) is 5.32 Å². The molecule has 0 aliphatic carbocycles. The molecule has 0 bridgehead atoms. The van der Waals surface area contributed by atoms with Crippen LogP contribution in [0, 0.1) is 0 Å². The van der Waals surface area contributed by atoms with Gasteiger partial charge in [0.25, 0.3) is 0 Å². The second-order valence-corrected chi connectivity index (χ2v) is 3.67. The smallest absolute Gasteiger partial charge is 0.125 e. The molecule has 0 saturated carbocycles. The van der Waals surface area contributed by atoms with Crippen LogP contribution in [0.3, 0.4) is 0 Å². The van der Waals surface area contributed by atoms with Crippen molar-refractivity contribution in [2.24, 2.45) is 0 Å². The second kappa shape index (κ2) is 4.75. The molecule has 3 nitrogen and oxygen atoms in total. The fourth-order valence-corrected chi connectivity index (χ4v) is 1.66. The molecule has 0 spiro atoms. The third kappa shape index (κ3) is 2.37. The van der Waals surface area contributed by atoms with Crippen LogP contribution in [-0.2, 0) is 0 Å². The number of benzene rings is 1. The maximum Gasteiger partial charge on any atom is 0.125 e. The lowest BCUT2D eigenvalue weighted by Gasteiger charge is -2.15. The molecule has 3 heteroatoms. The molecule has 0 aliphatic rings. The second-order valence-electron chi connectivity index (χ2n) is 3.67. The maximum atomic E-state index is 9.37. The summed E-state index contributed by atoms with van der Waals surface area (Å²) in [5.41, 5.74) is 0.892. The zero-order valence-electron chi connectivity index (χ0n) is 9.18. The van der Waals surface area contributed by atoms with E-state index >= 15 is 0 Å². The van der Waals surface area contributed by atoms with Crippen LogP contribution in [0.25, 0.3) is 0 Å². The van der Waals surface area contributed by atoms with Crippen molar-refractivity contribution in [3.63, 3.8) is 0 Å². The van der Waals surface area contributed by atoms with Gasteiger partial charge in [-0.15, -0.1) is 0 Å². The molecular formula is C13H15NO2. The van der Waals surface area contributed by atoms with Crippen LogP contribution in [-0.4, -0.2) is 5.11 Å². The van der Waals surface area contributed by atoms with E-state index in [0.29, 0.717) is 0 Å². The van der Waals surface area contributed by atoms with Crippen LogP contribution >= 0.6 is 0 Å². The van der Waals surface area contributed by atoms with Gasteiger partial charge in [0.1, 0.15) is 11.5 Å². The van der Waals surface area contributed by atoms with Gasteiger partial charge in [-0.3, -0.25) is 0 Å². The molecule has 0 aliphatic heterocycles. The van der Waals surface area contributed by atoms with Gasteiger partial charge < -0.3 is 14.8 Å². The van der Waals surface area contributed by atoms with Crippen molar-refractivity contribution in [3.05, 3.63) is 48.4 Å². The van der Waals surface area contributed by atoms with Crippen molar-refractivity contribution in [2.45, 2.75) is 19.4 Å². The van der Waals surface area contributed by atoms with Crippen LogP contribution < -0.4 is 5.32 Å². The number of phenolic OH excluding ortho intramolecular Hbond substituents is 1. The number of rotatable bonds is 4. The Hall–Kier alpha value is -1.90. The van der Waals surface area contributed by atoms with Crippen molar-refractivity contribution in [1.29, 1.82) is 0 Å². The highest BCUT2D eigenvalue weighted by molar-refractivity contribution is 5.48. The highest BCUT2D eigenvalue weighted by Gasteiger charge is 2.11. The van der Waals surface area contributed by atoms with E-state index in [4.69, 9.17) is 4.42 Å². The van der Waals surface area contributed by atoms with E-state index in [9.17, 15) is 5.11 Å². The van der Waals surface area contributed by atoms with Crippen LogP contribution in [0.5, 0.6) is 5.75 Å². The Balaban J connectivity index is 2.13. The standard InChI is InChI=1S/C13H15NO2/c1-2-12(13-7-4-8-16-13)14-10-5-3-6-11(15)9-10/h3-9,12,14-15H,2H2,1H3. The van der Waals surface area contributed by atoms with Crippen molar-refractivity contribution >= 4 is 5.69 Å². The molecule has 2 aromatic rings. The first-order valence-corrected chi connectivity index (χ1v) is 5.38. The van der Waals surface area contributed by atoms with Crippen molar-refractivity contribution < 1.29 is 9.52 Å². The number of aromatic hydroxyl groups is 1. The molecule has 1 aromatic carbocycles. The molecule has 1 atom stereocenters. The highest BCUT2D eigenvalue weighted by atomic mass is 16.3. The Morgan fingerprint density at radius 2 is 2.19 bits per heavy atom. The normalized spacial score (nSPS) is 12.3. The van der Waals surface area contributed by atoms with Crippen LogP contribution in [0.15, 0.2) is 47.1 Å². The summed E-state index contributed by atoms with van der Waals surface area (Å²) in [4.78, 5) is 0. The van der Waals surface area contributed by atoms with E-state index in [0.717, 1.165) is 17.9 Å². The number of phenols is 1. The summed E-state index contributed by atoms with van der Waals surface area (Å²) in [7, 11) is 0. The van der Waals surface area contributed by atoms with Gasteiger partial charge >= 0.3 is 0 Å². The van der Waals surface area contributed by atoms with Gasteiger partial charge in [-0.05, 0) is 30.7 Å². The van der Waals surface area contributed by atoms with Crippen molar-refractivity contribution in [3.8, 4) is 5.75 Å². The van der Waals surface area contributed by atoms with Crippen LogP contribution in [0.2, 0.25) is 0 Å². The molecular weight excluding hydrogens is 202 g/mol.